The summed E-state index contributed by atoms with van der Waals surface area (Å²) in [4.78, 5) is 10.8. The van der Waals surface area contributed by atoms with E-state index in [1.54, 1.807) is 24.3 Å². The van der Waals surface area contributed by atoms with Gasteiger partial charge in [-0.1, -0.05) is 24.3 Å². The van der Waals surface area contributed by atoms with E-state index in [9.17, 15) is 9.18 Å². The van der Waals surface area contributed by atoms with Gasteiger partial charge in [0.15, 0.2) is 5.82 Å². The molecule has 0 heterocycles. The summed E-state index contributed by atoms with van der Waals surface area (Å²) in [5.41, 5.74) is 4.87. The van der Waals surface area contributed by atoms with Gasteiger partial charge in [-0.05, 0) is 11.5 Å². The number of hydrogen-bond donors (Lipinski definition) is 2. The maximum atomic E-state index is 13.6. The van der Waals surface area contributed by atoms with Gasteiger partial charge in [-0.15, -0.1) is 0 Å². The van der Waals surface area contributed by atoms with Crippen LogP contribution < -0.4 is 5.73 Å². The maximum absolute atomic E-state index is 13.6. The molecule has 0 bridgehead atoms. The van der Waals surface area contributed by atoms with Gasteiger partial charge in [-0.3, -0.25) is 0 Å². The third-order valence-electron chi connectivity index (χ3n) is 2.25. The molecule has 0 atom stereocenters. The highest BCUT2D eigenvalue weighted by Crippen LogP contribution is 2.26. The fourth-order valence-corrected chi connectivity index (χ4v) is 1.50. The highest BCUT2D eigenvalue weighted by molar-refractivity contribution is 6.00. The van der Waals surface area contributed by atoms with Gasteiger partial charge in [0.1, 0.15) is 0 Å². The first-order valence-electron chi connectivity index (χ1n) is 4.31. The lowest BCUT2D eigenvalue weighted by Crippen LogP contribution is -2.05. The zero-order valence-electron chi connectivity index (χ0n) is 7.70. The number of aromatic carboxylic acids is 1. The highest BCUT2D eigenvalue weighted by Gasteiger charge is 2.14. The topological polar surface area (TPSA) is 63.3 Å². The smallest absolute Gasteiger partial charge is 0.337 e. The molecule has 0 radical (unpaired) electrons. The average Bonchev–Trinajstić information content (AvgIpc) is 2.23. The number of anilines is 1. The zero-order valence-corrected chi connectivity index (χ0v) is 7.70. The molecule has 0 amide bonds. The van der Waals surface area contributed by atoms with Crippen LogP contribution in [0.5, 0.6) is 0 Å². The van der Waals surface area contributed by atoms with E-state index in [2.05, 4.69) is 0 Å². The molecule has 0 fully saturated rings. The molecular formula is C11H8FNO2. The van der Waals surface area contributed by atoms with Crippen LogP contribution in [-0.2, 0) is 0 Å². The van der Waals surface area contributed by atoms with Crippen LogP contribution in [0, 0.1) is 5.82 Å². The molecule has 15 heavy (non-hydrogen) atoms. The van der Waals surface area contributed by atoms with Crippen LogP contribution in [0.4, 0.5) is 10.1 Å². The van der Waals surface area contributed by atoms with E-state index < -0.39 is 11.8 Å². The second-order valence-corrected chi connectivity index (χ2v) is 3.18. The molecule has 0 saturated carbocycles. The predicted molar refractivity (Wildman–Crippen MR) is 55.3 cm³/mol. The van der Waals surface area contributed by atoms with Crippen molar-refractivity contribution in [2.45, 2.75) is 0 Å². The first-order valence-corrected chi connectivity index (χ1v) is 4.31. The Morgan fingerprint density at radius 3 is 2.67 bits per heavy atom. The number of carboxylic acid groups (broad SMARTS) is 1. The first kappa shape index (κ1) is 9.45. The number of rotatable bonds is 1. The quantitative estimate of drug-likeness (QED) is 0.702. The van der Waals surface area contributed by atoms with Crippen molar-refractivity contribution in [3.05, 3.63) is 41.7 Å². The number of nitrogen functional groups attached to an aromatic ring is 1. The monoisotopic (exact) mass is 205 g/mol. The Morgan fingerprint density at radius 2 is 2.00 bits per heavy atom. The third kappa shape index (κ3) is 1.40. The first-order chi connectivity index (χ1) is 7.11. The van der Waals surface area contributed by atoms with Gasteiger partial charge in [0.25, 0.3) is 0 Å². The fourth-order valence-electron chi connectivity index (χ4n) is 1.50. The number of nitrogens with two attached hydrogens (primary N) is 1. The van der Waals surface area contributed by atoms with Crippen LogP contribution in [-0.4, -0.2) is 11.1 Å². The summed E-state index contributed by atoms with van der Waals surface area (Å²) in [6.45, 7) is 0. The molecule has 0 aliphatic rings. The van der Waals surface area contributed by atoms with Crippen molar-refractivity contribution in [3.63, 3.8) is 0 Å². The van der Waals surface area contributed by atoms with Gasteiger partial charge in [-0.2, -0.15) is 0 Å². The summed E-state index contributed by atoms with van der Waals surface area (Å²) >= 11 is 0. The summed E-state index contributed by atoms with van der Waals surface area (Å²) in [7, 11) is 0. The SMILES string of the molecule is Nc1c(C(=O)O)cc2ccccc2c1F. The Bertz CT molecular complexity index is 552. The summed E-state index contributed by atoms with van der Waals surface area (Å²) in [6, 6.07) is 7.96. The van der Waals surface area contributed by atoms with Crippen LogP contribution in [0.25, 0.3) is 10.8 Å². The Hall–Kier alpha value is -2.10. The van der Waals surface area contributed by atoms with Crippen LogP contribution in [0.1, 0.15) is 10.4 Å². The molecule has 2 aromatic rings. The maximum Gasteiger partial charge on any atom is 0.337 e. The van der Waals surface area contributed by atoms with E-state index in [1.807, 2.05) is 0 Å². The predicted octanol–water partition coefficient (Wildman–Crippen LogP) is 2.26. The largest absolute Gasteiger partial charge is 0.478 e. The second-order valence-electron chi connectivity index (χ2n) is 3.18. The molecule has 0 aliphatic heterocycles. The van der Waals surface area contributed by atoms with Gasteiger partial charge in [0.05, 0.1) is 11.3 Å². The number of halogens is 1. The van der Waals surface area contributed by atoms with Gasteiger partial charge in [-0.25, -0.2) is 9.18 Å². The Morgan fingerprint density at radius 1 is 1.33 bits per heavy atom. The molecular weight excluding hydrogens is 197 g/mol. The van der Waals surface area contributed by atoms with E-state index in [4.69, 9.17) is 10.8 Å². The minimum Gasteiger partial charge on any atom is -0.478 e. The number of fused-ring (bicyclic) bond motifs is 1. The number of hydrogen-bond acceptors (Lipinski definition) is 2. The summed E-state index contributed by atoms with van der Waals surface area (Å²) in [5.74, 6) is -1.90. The molecule has 0 unspecified atom stereocenters. The summed E-state index contributed by atoms with van der Waals surface area (Å²) < 4.78 is 13.6. The van der Waals surface area contributed by atoms with Gasteiger partial charge >= 0.3 is 5.97 Å². The van der Waals surface area contributed by atoms with Crippen molar-refractivity contribution in [1.29, 1.82) is 0 Å². The van der Waals surface area contributed by atoms with E-state index in [1.165, 1.54) is 6.07 Å². The number of benzene rings is 2. The molecule has 4 heteroatoms. The molecule has 76 valence electrons. The van der Waals surface area contributed by atoms with Crippen LogP contribution in [0.3, 0.4) is 0 Å². The Kier molecular flexibility index (Phi) is 2.04. The Labute approximate surface area is 84.9 Å². The lowest BCUT2D eigenvalue weighted by atomic mass is 10.0. The van der Waals surface area contributed by atoms with Crippen molar-refractivity contribution in [1.82, 2.24) is 0 Å². The minimum absolute atomic E-state index is 0.203. The average molecular weight is 205 g/mol. The molecule has 0 spiro atoms. The number of carbonyl (C=O) groups is 1. The van der Waals surface area contributed by atoms with Gasteiger partial charge in [0, 0.05) is 5.39 Å². The Balaban J connectivity index is 2.88. The van der Waals surface area contributed by atoms with E-state index >= 15 is 0 Å². The van der Waals surface area contributed by atoms with Gasteiger partial charge < -0.3 is 10.8 Å². The molecule has 0 aliphatic carbocycles. The number of carboxylic acids is 1. The van der Waals surface area contributed by atoms with Crippen molar-refractivity contribution < 1.29 is 14.3 Å². The standard InChI is InChI=1S/C11H8FNO2/c12-9-7-4-2-1-3-6(7)5-8(10(9)13)11(14)15/h1-5H,13H2,(H,14,15). The molecule has 0 saturated heterocycles. The van der Waals surface area contributed by atoms with E-state index in [0.717, 1.165) is 0 Å². The molecule has 3 nitrogen and oxygen atoms in total. The van der Waals surface area contributed by atoms with E-state index in [-0.39, 0.29) is 11.3 Å². The zero-order chi connectivity index (χ0) is 11.0. The normalized spacial score (nSPS) is 10.5. The second kappa shape index (κ2) is 3.24. The van der Waals surface area contributed by atoms with Crippen molar-refractivity contribution in [2.75, 3.05) is 5.73 Å². The van der Waals surface area contributed by atoms with Crippen molar-refractivity contribution in [2.24, 2.45) is 0 Å². The summed E-state index contributed by atoms with van der Waals surface area (Å²) in [5, 5.41) is 9.67. The highest BCUT2D eigenvalue weighted by atomic mass is 19.1. The van der Waals surface area contributed by atoms with Crippen LogP contribution in [0.2, 0.25) is 0 Å². The van der Waals surface area contributed by atoms with Crippen LogP contribution in [0.15, 0.2) is 30.3 Å². The lowest BCUT2D eigenvalue weighted by Gasteiger charge is -2.06. The minimum atomic E-state index is -1.22. The van der Waals surface area contributed by atoms with Gasteiger partial charge in [0.2, 0.25) is 0 Å². The summed E-state index contributed by atoms with van der Waals surface area (Å²) in [6.07, 6.45) is 0. The molecule has 2 rings (SSSR count). The van der Waals surface area contributed by atoms with E-state index in [0.29, 0.717) is 10.8 Å². The fraction of sp³-hybridized carbons (Fsp3) is 0. The molecule has 3 N–H and O–H groups in total. The van der Waals surface area contributed by atoms with Crippen molar-refractivity contribution in [3.8, 4) is 0 Å². The lowest BCUT2D eigenvalue weighted by molar-refractivity contribution is 0.0698. The van der Waals surface area contributed by atoms with Crippen LogP contribution >= 0.6 is 0 Å². The molecule has 0 aromatic heterocycles. The third-order valence-corrected chi connectivity index (χ3v) is 2.25. The van der Waals surface area contributed by atoms with Crippen molar-refractivity contribution >= 4 is 22.4 Å². The molecule has 2 aromatic carbocycles.